The van der Waals surface area contributed by atoms with E-state index in [9.17, 15) is 0 Å². The summed E-state index contributed by atoms with van der Waals surface area (Å²) in [7, 11) is 1.74. The molecule has 0 saturated carbocycles. The molecule has 6 heteroatoms. The summed E-state index contributed by atoms with van der Waals surface area (Å²) in [6, 6.07) is 0.877. The van der Waals surface area contributed by atoms with Gasteiger partial charge >= 0.3 is 9.28 Å². The average molecular weight is 294 g/mol. The van der Waals surface area contributed by atoms with Crippen LogP contribution in [-0.4, -0.2) is 62.1 Å². The first-order valence-electron chi connectivity index (χ1n) is 7.08. The van der Waals surface area contributed by atoms with Gasteiger partial charge < -0.3 is 23.1 Å². The van der Waals surface area contributed by atoms with E-state index in [2.05, 4.69) is 6.92 Å². The molecule has 0 radical (unpaired) electrons. The van der Waals surface area contributed by atoms with Crippen molar-refractivity contribution in [2.45, 2.75) is 45.4 Å². The Labute approximate surface area is 119 Å². The second-order valence-electron chi connectivity index (χ2n) is 4.25. The number of hydrogen-bond donors (Lipinski definition) is 0. The molecular formula is C13H30O5Si. The first-order valence-corrected chi connectivity index (χ1v) is 8.84. The lowest BCUT2D eigenvalue weighted by molar-refractivity contribution is -0.0521. The standard InChI is InChI=1S/C13H30O5Si/c1-6-12(11-19(17-7-2)18-8-3)16-10-13(15-5)9-14-4/h12-13,19H,6-11H2,1-5H3. The molecule has 0 aromatic rings. The molecule has 0 aliphatic carbocycles. The zero-order valence-electron chi connectivity index (χ0n) is 13.0. The Bertz CT molecular complexity index is 188. The highest BCUT2D eigenvalue weighted by molar-refractivity contribution is 6.44. The Morgan fingerprint density at radius 2 is 1.53 bits per heavy atom. The van der Waals surface area contributed by atoms with Gasteiger partial charge in [-0.1, -0.05) is 6.92 Å². The summed E-state index contributed by atoms with van der Waals surface area (Å²) in [5.74, 6) is 0. The first-order chi connectivity index (χ1) is 9.21. The third kappa shape index (κ3) is 9.54. The Hall–Kier alpha value is 0.0169. The Kier molecular flexibility index (Phi) is 13.0. The highest BCUT2D eigenvalue weighted by atomic mass is 28.3. The van der Waals surface area contributed by atoms with Crippen LogP contribution in [0.2, 0.25) is 6.04 Å². The monoisotopic (exact) mass is 294 g/mol. The molecule has 5 nitrogen and oxygen atoms in total. The third-order valence-corrected chi connectivity index (χ3v) is 5.14. The summed E-state index contributed by atoms with van der Waals surface area (Å²) < 4.78 is 27.6. The highest BCUT2D eigenvalue weighted by Gasteiger charge is 2.20. The molecule has 0 fully saturated rings. The van der Waals surface area contributed by atoms with Gasteiger partial charge in [0.2, 0.25) is 0 Å². The van der Waals surface area contributed by atoms with E-state index < -0.39 is 9.28 Å². The van der Waals surface area contributed by atoms with E-state index in [4.69, 9.17) is 23.1 Å². The van der Waals surface area contributed by atoms with Crippen LogP contribution in [0.25, 0.3) is 0 Å². The molecular weight excluding hydrogens is 264 g/mol. The van der Waals surface area contributed by atoms with Crippen LogP contribution in [0.1, 0.15) is 27.2 Å². The smallest absolute Gasteiger partial charge is 0.324 e. The van der Waals surface area contributed by atoms with Gasteiger partial charge in [-0.15, -0.1) is 0 Å². The maximum absolute atomic E-state index is 5.89. The lowest BCUT2D eigenvalue weighted by Crippen LogP contribution is -2.32. The molecule has 0 N–H and O–H groups in total. The number of ether oxygens (including phenoxy) is 3. The predicted molar refractivity (Wildman–Crippen MR) is 77.9 cm³/mol. The minimum atomic E-state index is -1.59. The minimum Gasteiger partial charge on any atom is -0.397 e. The van der Waals surface area contributed by atoms with Crippen molar-refractivity contribution >= 4 is 9.28 Å². The van der Waals surface area contributed by atoms with Gasteiger partial charge in [0.1, 0.15) is 6.10 Å². The van der Waals surface area contributed by atoms with Crippen molar-refractivity contribution in [3.63, 3.8) is 0 Å². The number of rotatable bonds is 13. The molecule has 0 aliphatic rings. The van der Waals surface area contributed by atoms with E-state index in [0.29, 0.717) is 26.4 Å². The largest absolute Gasteiger partial charge is 0.397 e. The predicted octanol–water partition coefficient (Wildman–Crippen LogP) is 1.74. The minimum absolute atomic E-state index is 0.0154. The van der Waals surface area contributed by atoms with Gasteiger partial charge in [0.15, 0.2) is 0 Å². The molecule has 0 saturated heterocycles. The SMILES string of the molecule is CCO[SiH](CC(CC)OCC(COC)OC)OCC. The molecule has 0 rings (SSSR count). The van der Waals surface area contributed by atoms with Gasteiger partial charge in [0.25, 0.3) is 0 Å². The molecule has 19 heavy (non-hydrogen) atoms. The van der Waals surface area contributed by atoms with Crippen LogP contribution in [0.5, 0.6) is 0 Å². The summed E-state index contributed by atoms with van der Waals surface area (Å²) in [6.45, 7) is 8.62. The van der Waals surface area contributed by atoms with Crippen molar-refractivity contribution in [1.29, 1.82) is 0 Å². The van der Waals surface area contributed by atoms with Gasteiger partial charge in [-0.2, -0.15) is 0 Å². The fourth-order valence-corrected chi connectivity index (χ4v) is 3.75. The van der Waals surface area contributed by atoms with Crippen molar-refractivity contribution in [2.24, 2.45) is 0 Å². The van der Waals surface area contributed by atoms with Crippen LogP contribution >= 0.6 is 0 Å². The molecule has 0 heterocycles. The average Bonchev–Trinajstić information content (AvgIpc) is 2.42. The van der Waals surface area contributed by atoms with E-state index in [1.165, 1.54) is 0 Å². The summed E-state index contributed by atoms with van der Waals surface area (Å²) in [6.07, 6.45) is 1.11. The lowest BCUT2D eigenvalue weighted by atomic mass is 10.3. The molecule has 0 aromatic carbocycles. The summed E-state index contributed by atoms with van der Waals surface area (Å²) >= 11 is 0. The summed E-state index contributed by atoms with van der Waals surface area (Å²) in [4.78, 5) is 0. The topological polar surface area (TPSA) is 46.2 Å². The maximum Gasteiger partial charge on any atom is 0.324 e. The third-order valence-electron chi connectivity index (χ3n) is 2.82. The van der Waals surface area contributed by atoms with Crippen molar-refractivity contribution < 1.29 is 23.1 Å². The molecule has 0 bridgehead atoms. The van der Waals surface area contributed by atoms with Crippen molar-refractivity contribution in [1.82, 2.24) is 0 Å². The van der Waals surface area contributed by atoms with Crippen molar-refractivity contribution in [3.8, 4) is 0 Å². The van der Waals surface area contributed by atoms with Crippen molar-refractivity contribution in [2.75, 3.05) is 40.6 Å². The fourth-order valence-electron chi connectivity index (χ4n) is 1.74. The van der Waals surface area contributed by atoms with Crippen LogP contribution in [-0.2, 0) is 23.1 Å². The summed E-state index contributed by atoms with van der Waals surface area (Å²) in [5, 5.41) is 0. The van der Waals surface area contributed by atoms with E-state index in [0.717, 1.165) is 12.5 Å². The Morgan fingerprint density at radius 3 is 1.95 bits per heavy atom. The summed E-state index contributed by atoms with van der Waals surface area (Å²) in [5.41, 5.74) is 0. The molecule has 0 aliphatic heterocycles. The van der Waals surface area contributed by atoms with Crippen molar-refractivity contribution in [3.05, 3.63) is 0 Å². The van der Waals surface area contributed by atoms with E-state index in [1.807, 2.05) is 13.8 Å². The second kappa shape index (κ2) is 13.0. The van der Waals surface area contributed by atoms with Gasteiger partial charge in [-0.05, 0) is 20.3 Å². The molecule has 116 valence electrons. The Morgan fingerprint density at radius 1 is 0.895 bits per heavy atom. The maximum atomic E-state index is 5.89. The van der Waals surface area contributed by atoms with E-state index in [-0.39, 0.29) is 12.2 Å². The fraction of sp³-hybridized carbons (Fsp3) is 1.00. The molecule has 2 unspecified atom stereocenters. The number of hydrogen-bond acceptors (Lipinski definition) is 5. The van der Waals surface area contributed by atoms with Crippen LogP contribution in [0.15, 0.2) is 0 Å². The van der Waals surface area contributed by atoms with Gasteiger partial charge in [-0.3, -0.25) is 0 Å². The highest BCUT2D eigenvalue weighted by Crippen LogP contribution is 2.11. The van der Waals surface area contributed by atoms with Gasteiger partial charge in [0.05, 0.1) is 19.3 Å². The van der Waals surface area contributed by atoms with E-state index >= 15 is 0 Å². The van der Waals surface area contributed by atoms with Crippen LogP contribution in [0, 0.1) is 0 Å². The Balaban J connectivity index is 4.09. The molecule has 0 amide bonds. The molecule has 2 atom stereocenters. The quantitative estimate of drug-likeness (QED) is 0.484. The van der Waals surface area contributed by atoms with E-state index in [1.54, 1.807) is 14.2 Å². The molecule has 0 spiro atoms. The lowest BCUT2D eigenvalue weighted by Gasteiger charge is -2.23. The van der Waals surface area contributed by atoms with Crippen LogP contribution in [0.3, 0.4) is 0 Å². The van der Waals surface area contributed by atoms with Crippen LogP contribution < -0.4 is 0 Å². The van der Waals surface area contributed by atoms with Gasteiger partial charge in [0, 0.05) is 33.5 Å². The van der Waals surface area contributed by atoms with Gasteiger partial charge in [-0.25, -0.2) is 0 Å². The normalized spacial score (nSPS) is 14.8. The van der Waals surface area contributed by atoms with Crippen LogP contribution in [0.4, 0.5) is 0 Å². The zero-order valence-corrected chi connectivity index (χ0v) is 14.2. The number of methoxy groups -OCH3 is 2. The zero-order chi connectivity index (χ0) is 14.5. The molecule has 0 aromatic heterocycles. The second-order valence-corrected chi connectivity index (χ2v) is 6.25. The first kappa shape index (κ1) is 19.0.